The van der Waals surface area contributed by atoms with Crippen molar-refractivity contribution in [1.29, 1.82) is 0 Å². The molecule has 1 aliphatic heterocycles. The van der Waals surface area contributed by atoms with Crippen molar-refractivity contribution in [2.45, 2.75) is 25.8 Å². The standard InChI is InChI=1S/C15H17F2NO2/c16-12-2-1-10(7-13(12)17)9-18-5-3-15(4-6-18)8-11(15)14(19)20/h1-2,7,11H,3-6,8-9H2,(H,19,20). The number of rotatable bonds is 3. The van der Waals surface area contributed by atoms with Crippen molar-refractivity contribution in [3.63, 3.8) is 0 Å². The monoisotopic (exact) mass is 281 g/mol. The van der Waals surface area contributed by atoms with Gasteiger partial charge in [-0.05, 0) is 55.5 Å². The number of carboxylic acid groups (broad SMARTS) is 1. The topological polar surface area (TPSA) is 40.5 Å². The molecule has 2 fully saturated rings. The zero-order valence-corrected chi connectivity index (χ0v) is 11.1. The second-order valence-corrected chi connectivity index (χ2v) is 5.98. The van der Waals surface area contributed by atoms with Gasteiger partial charge in [-0.15, -0.1) is 0 Å². The van der Waals surface area contributed by atoms with E-state index in [1.807, 2.05) is 0 Å². The molecule has 0 aromatic heterocycles. The Morgan fingerprint density at radius 3 is 2.55 bits per heavy atom. The average molecular weight is 281 g/mol. The molecule has 3 nitrogen and oxygen atoms in total. The van der Waals surface area contributed by atoms with Gasteiger partial charge in [-0.3, -0.25) is 9.69 Å². The molecule has 1 spiro atoms. The smallest absolute Gasteiger partial charge is 0.307 e. The SMILES string of the molecule is O=C(O)C1CC12CCN(Cc1ccc(F)c(F)c1)CC2. The third-order valence-electron chi connectivity index (χ3n) is 4.73. The Balaban J connectivity index is 1.57. The molecule has 0 bridgehead atoms. The van der Waals surface area contributed by atoms with Gasteiger partial charge in [0, 0.05) is 6.54 Å². The summed E-state index contributed by atoms with van der Waals surface area (Å²) < 4.78 is 26.0. The molecule has 1 atom stereocenters. The third-order valence-corrected chi connectivity index (χ3v) is 4.73. The fourth-order valence-corrected chi connectivity index (χ4v) is 3.30. The first kappa shape index (κ1) is 13.5. The molecule has 1 N–H and O–H groups in total. The summed E-state index contributed by atoms with van der Waals surface area (Å²) in [5.74, 6) is -2.50. The van der Waals surface area contributed by atoms with Crippen LogP contribution >= 0.6 is 0 Å². The van der Waals surface area contributed by atoms with E-state index < -0.39 is 17.6 Å². The molecule has 5 heteroatoms. The maximum absolute atomic E-state index is 13.1. The summed E-state index contributed by atoms with van der Waals surface area (Å²) >= 11 is 0. The van der Waals surface area contributed by atoms with Crippen LogP contribution < -0.4 is 0 Å². The lowest BCUT2D eigenvalue weighted by molar-refractivity contribution is -0.139. The van der Waals surface area contributed by atoms with Crippen molar-refractivity contribution in [2.24, 2.45) is 11.3 Å². The summed E-state index contributed by atoms with van der Waals surface area (Å²) in [7, 11) is 0. The van der Waals surface area contributed by atoms with Gasteiger partial charge in [-0.1, -0.05) is 6.07 Å². The summed E-state index contributed by atoms with van der Waals surface area (Å²) in [6, 6.07) is 3.98. The molecule has 1 saturated heterocycles. The molecular weight excluding hydrogens is 264 g/mol. The normalized spacial score (nSPS) is 24.8. The highest BCUT2D eigenvalue weighted by atomic mass is 19.2. The lowest BCUT2D eigenvalue weighted by Gasteiger charge is -2.32. The molecule has 2 aliphatic rings. The minimum atomic E-state index is -0.825. The summed E-state index contributed by atoms with van der Waals surface area (Å²) in [5, 5.41) is 9.04. The second-order valence-electron chi connectivity index (χ2n) is 5.98. The van der Waals surface area contributed by atoms with Gasteiger partial charge in [-0.25, -0.2) is 8.78 Å². The minimum absolute atomic E-state index is 0.0103. The van der Waals surface area contributed by atoms with Crippen LogP contribution in [-0.2, 0) is 11.3 Å². The molecule has 1 unspecified atom stereocenters. The van der Waals surface area contributed by atoms with Crippen LogP contribution in [0.2, 0.25) is 0 Å². The van der Waals surface area contributed by atoms with E-state index >= 15 is 0 Å². The zero-order chi connectivity index (χ0) is 14.3. The van der Waals surface area contributed by atoms with E-state index in [2.05, 4.69) is 4.90 Å². The first-order valence-electron chi connectivity index (χ1n) is 6.89. The Hall–Kier alpha value is -1.49. The van der Waals surface area contributed by atoms with E-state index in [1.165, 1.54) is 6.07 Å². The molecule has 1 aliphatic carbocycles. The van der Waals surface area contributed by atoms with Crippen molar-refractivity contribution < 1.29 is 18.7 Å². The van der Waals surface area contributed by atoms with Gasteiger partial charge in [0.05, 0.1) is 5.92 Å². The second kappa shape index (κ2) is 4.81. The van der Waals surface area contributed by atoms with Gasteiger partial charge in [0.2, 0.25) is 0 Å². The first-order chi connectivity index (χ1) is 9.50. The van der Waals surface area contributed by atoms with Gasteiger partial charge in [0.15, 0.2) is 11.6 Å². The molecule has 20 heavy (non-hydrogen) atoms. The molecule has 1 heterocycles. The maximum Gasteiger partial charge on any atom is 0.307 e. The van der Waals surface area contributed by atoms with E-state index in [0.29, 0.717) is 6.54 Å². The Morgan fingerprint density at radius 2 is 2.00 bits per heavy atom. The Labute approximate surface area is 116 Å². The summed E-state index contributed by atoms with van der Waals surface area (Å²) in [6.45, 7) is 2.23. The quantitative estimate of drug-likeness (QED) is 0.926. The number of benzene rings is 1. The van der Waals surface area contributed by atoms with Gasteiger partial charge < -0.3 is 5.11 Å². The number of nitrogens with zero attached hydrogens (tertiary/aromatic N) is 1. The van der Waals surface area contributed by atoms with Crippen LogP contribution in [0.1, 0.15) is 24.8 Å². The Bertz CT molecular complexity index is 539. The fourth-order valence-electron chi connectivity index (χ4n) is 3.30. The van der Waals surface area contributed by atoms with Crippen LogP contribution in [0, 0.1) is 23.0 Å². The zero-order valence-electron chi connectivity index (χ0n) is 11.1. The average Bonchev–Trinajstić information content (AvgIpc) is 3.12. The predicted molar refractivity (Wildman–Crippen MR) is 69.0 cm³/mol. The van der Waals surface area contributed by atoms with Gasteiger partial charge in [0.1, 0.15) is 0 Å². The summed E-state index contributed by atoms with van der Waals surface area (Å²) in [6.07, 6.45) is 2.56. The first-order valence-corrected chi connectivity index (χ1v) is 6.89. The third kappa shape index (κ3) is 2.42. The van der Waals surface area contributed by atoms with Crippen LogP contribution in [0.25, 0.3) is 0 Å². The Kier molecular flexibility index (Phi) is 3.24. The van der Waals surface area contributed by atoms with Crippen LogP contribution in [0.3, 0.4) is 0 Å². The van der Waals surface area contributed by atoms with Crippen molar-refractivity contribution in [3.05, 3.63) is 35.4 Å². The maximum atomic E-state index is 13.1. The van der Waals surface area contributed by atoms with E-state index in [4.69, 9.17) is 5.11 Å². The number of hydrogen-bond acceptors (Lipinski definition) is 2. The van der Waals surface area contributed by atoms with Crippen molar-refractivity contribution in [2.75, 3.05) is 13.1 Å². The lowest BCUT2D eigenvalue weighted by atomic mass is 9.90. The number of likely N-dealkylation sites (tertiary alicyclic amines) is 1. The number of hydrogen-bond donors (Lipinski definition) is 1. The predicted octanol–water partition coefficient (Wildman–Crippen LogP) is 2.65. The number of carboxylic acids is 1. The summed E-state index contributed by atoms with van der Waals surface area (Å²) in [5.41, 5.74) is 0.765. The van der Waals surface area contributed by atoms with E-state index in [9.17, 15) is 13.6 Å². The van der Waals surface area contributed by atoms with Crippen LogP contribution in [0.15, 0.2) is 18.2 Å². The molecule has 1 saturated carbocycles. The van der Waals surface area contributed by atoms with Crippen LogP contribution in [0.4, 0.5) is 8.78 Å². The molecule has 0 amide bonds. The highest BCUT2D eigenvalue weighted by Crippen LogP contribution is 2.59. The van der Waals surface area contributed by atoms with Crippen molar-refractivity contribution >= 4 is 5.97 Å². The largest absolute Gasteiger partial charge is 0.481 e. The molecule has 0 radical (unpaired) electrons. The van der Waals surface area contributed by atoms with E-state index in [-0.39, 0.29) is 11.3 Å². The molecule has 3 rings (SSSR count). The molecule has 108 valence electrons. The van der Waals surface area contributed by atoms with E-state index in [0.717, 1.165) is 44.0 Å². The van der Waals surface area contributed by atoms with E-state index in [1.54, 1.807) is 6.07 Å². The molecule has 1 aromatic carbocycles. The number of piperidine rings is 1. The van der Waals surface area contributed by atoms with Gasteiger partial charge >= 0.3 is 5.97 Å². The highest BCUT2D eigenvalue weighted by Gasteiger charge is 2.58. The van der Waals surface area contributed by atoms with Crippen molar-refractivity contribution in [1.82, 2.24) is 4.90 Å². The number of halogens is 2. The molecule has 1 aromatic rings. The highest BCUT2D eigenvalue weighted by molar-refractivity contribution is 5.74. The van der Waals surface area contributed by atoms with Gasteiger partial charge in [0.25, 0.3) is 0 Å². The minimum Gasteiger partial charge on any atom is -0.481 e. The fraction of sp³-hybridized carbons (Fsp3) is 0.533. The summed E-state index contributed by atoms with van der Waals surface area (Å²) in [4.78, 5) is 13.2. The number of carbonyl (C=O) groups is 1. The molecular formula is C15H17F2NO2. The lowest BCUT2D eigenvalue weighted by Crippen LogP contribution is -2.35. The Morgan fingerprint density at radius 1 is 1.30 bits per heavy atom. The van der Waals surface area contributed by atoms with Crippen LogP contribution in [0.5, 0.6) is 0 Å². The van der Waals surface area contributed by atoms with Crippen molar-refractivity contribution in [3.8, 4) is 0 Å². The van der Waals surface area contributed by atoms with Gasteiger partial charge in [-0.2, -0.15) is 0 Å². The van der Waals surface area contributed by atoms with Crippen LogP contribution in [-0.4, -0.2) is 29.1 Å². The number of aliphatic carboxylic acids is 1.